The Bertz CT molecular complexity index is 40.2. The molecule has 1 saturated carbocycles. The zero-order valence-corrected chi connectivity index (χ0v) is 3.78. The van der Waals surface area contributed by atoms with Gasteiger partial charge in [-0.05, 0) is 11.7 Å². The fourth-order valence-corrected chi connectivity index (χ4v) is 0.444. The van der Waals surface area contributed by atoms with Crippen molar-refractivity contribution in [1.82, 2.24) is 0 Å². The first-order valence-corrected chi connectivity index (χ1v) is 2.26. The van der Waals surface area contributed by atoms with Gasteiger partial charge >= 0.3 is 0 Å². The second-order valence-corrected chi connectivity index (χ2v) is 2.13. The van der Waals surface area contributed by atoms with Crippen LogP contribution >= 0.6 is 12.6 Å². The molecule has 0 heterocycles. The summed E-state index contributed by atoms with van der Waals surface area (Å²) in [7, 11) is 5.29. The molecule has 1 aliphatic carbocycles. The molecule has 0 nitrogen and oxygen atoms in total. The second kappa shape index (κ2) is 0.936. The highest BCUT2D eigenvalue weighted by Gasteiger charge is 2.27. The van der Waals surface area contributed by atoms with Gasteiger partial charge in [0, 0.05) is 0 Å². The first kappa shape index (κ1) is 3.60. The Morgan fingerprint density at radius 3 is 2.00 bits per heavy atom. The molecular weight excluding hydrogens is 78.9 g/mol. The molecule has 0 spiro atoms. The third kappa shape index (κ3) is 0.626. The summed E-state index contributed by atoms with van der Waals surface area (Å²) in [5.41, 5.74) is 0. The fourth-order valence-electron chi connectivity index (χ4n) is 0.200. The predicted molar refractivity (Wildman–Crippen MR) is 26.9 cm³/mol. The molecule has 2 unspecified atom stereocenters. The Morgan fingerprint density at radius 1 is 1.80 bits per heavy atom. The largest absolute Gasteiger partial charge is 0.176 e. The van der Waals surface area contributed by atoms with Gasteiger partial charge in [0.2, 0.25) is 0 Å². The maximum absolute atomic E-state index is 5.29. The van der Waals surface area contributed by atoms with Crippen molar-refractivity contribution >= 4 is 20.5 Å². The lowest BCUT2D eigenvalue weighted by atomic mass is 10.0. The first-order valence-electron chi connectivity index (χ1n) is 1.74. The maximum atomic E-state index is 5.29. The van der Waals surface area contributed by atoms with Crippen LogP contribution in [-0.4, -0.2) is 13.1 Å². The first-order chi connectivity index (χ1) is 2.30. The molecule has 2 atom stereocenters. The van der Waals surface area contributed by atoms with E-state index in [-0.39, 0.29) is 0 Å². The van der Waals surface area contributed by atoms with Gasteiger partial charge in [-0.15, -0.1) is 0 Å². The van der Waals surface area contributed by atoms with Crippen molar-refractivity contribution in [3.8, 4) is 0 Å². The maximum Gasteiger partial charge on any atom is 0.0714 e. The number of hydrogen-bond acceptors (Lipinski definition) is 1. The van der Waals surface area contributed by atoms with E-state index in [1.54, 1.807) is 0 Å². The number of thiol groups is 1. The molecule has 5 heavy (non-hydrogen) atoms. The molecule has 1 rings (SSSR count). The van der Waals surface area contributed by atoms with Crippen LogP contribution in [0.1, 0.15) is 6.42 Å². The lowest BCUT2D eigenvalue weighted by molar-refractivity contribution is 1.48. The highest BCUT2D eigenvalue weighted by Crippen LogP contribution is 2.38. The van der Waals surface area contributed by atoms with Crippen LogP contribution in [0.2, 0.25) is 5.82 Å². The molecule has 2 heteroatoms. The zero-order valence-electron chi connectivity index (χ0n) is 2.89. The molecule has 2 radical (unpaired) electrons. The molecule has 26 valence electrons. The van der Waals surface area contributed by atoms with Gasteiger partial charge in [-0.2, -0.15) is 12.6 Å². The Hall–Kier alpha value is 0.415. The van der Waals surface area contributed by atoms with Gasteiger partial charge in [0.1, 0.15) is 0 Å². The van der Waals surface area contributed by atoms with Crippen LogP contribution in [0.4, 0.5) is 0 Å². The summed E-state index contributed by atoms with van der Waals surface area (Å²) in [6.07, 6.45) is 1.11. The van der Waals surface area contributed by atoms with E-state index in [0.717, 1.165) is 6.42 Å². The quantitative estimate of drug-likeness (QED) is 0.323. The standard InChI is InChI=1S/C3H5BS/c4-2-1-3(2)5/h2-3,5H,1H2. The molecule has 0 aromatic heterocycles. The van der Waals surface area contributed by atoms with Gasteiger partial charge in [0.15, 0.2) is 0 Å². The third-order valence-electron chi connectivity index (χ3n) is 0.805. The average Bonchev–Trinajstić information content (AvgIpc) is 1.79. The van der Waals surface area contributed by atoms with Crippen LogP contribution in [0.15, 0.2) is 0 Å². The molecule has 0 amide bonds. The van der Waals surface area contributed by atoms with Gasteiger partial charge in [0.25, 0.3) is 0 Å². The van der Waals surface area contributed by atoms with Crippen molar-refractivity contribution in [1.29, 1.82) is 0 Å². The highest BCUT2D eigenvalue weighted by atomic mass is 32.1. The molecule has 0 aliphatic heterocycles. The molecule has 1 fully saturated rings. The smallest absolute Gasteiger partial charge is 0.0714 e. The Labute approximate surface area is 38.8 Å². The van der Waals surface area contributed by atoms with Gasteiger partial charge in [-0.1, -0.05) is 5.82 Å². The van der Waals surface area contributed by atoms with Gasteiger partial charge in [-0.3, -0.25) is 0 Å². The van der Waals surface area contributed by atoms with Gasteiger partial charge < -0.3 is 0 Å². The summed E-state index contributed by atoms with van der Waals surface area (Å²) in [6, 6.07) is 0. The summed E-state index contributed by atoms with van der Waals surface area (Å²) in [6.45, 7) is 0. The molecule has 0 saturated heterocycles. The molecular formula is C3H5BS. The summed E-state index contributed by atoms with van der Waals surface area (Å²) < 4.78 is 0. The summed E-state index contributed by atoms with van der Waals surface area (Å²) in [5, 5.41) is 0.523. The fraction of sp³-hybridized carbons (Fsp3) is 1.00. The molecule has 0 bridgehead atoms. The van der Waals surface area contributed by atoms with E-state index < -0.39 is 0 Å². The van der Waals surface area contributed by atoms with E-state index in [9.17, 15) is 0 Å². The predicted octanol–water partition coefficient (Wildman–Crippen LogP) is 0.645. The minimum atomic E-state index is 0.415. The van der Waals surface area contributed by atoms with E-state index in [2.05, 4.69) is 12.6 Å². The third-order valence-corrected chi connectivity index (χ3v) is 1.40. The van der Waals surface area contributed by atoms with Crippen LogP contribution in [0.25, 0.3) is 0 Å². The summed E-state index contributed by atoms with van der Waals surface area (Å²) in [4.78, 5) is 0. The zero-order chi connectivity index (χ0) is 3.86. The highest BCUT2D eigenvalue weighted by molar-refractivity contribution is 7.81. The van der Waals surface area contributed by atoms with Crippen molar-refractivity contribution in [3.05, 3.63) is 0 Å². The SMILES string of the molecule is [B]C1CC1S. The molecule has 0 aromatic carbocycles. The minimum Gasteiger partial charge on any atom is -0.176 e. The van der Waals surface area contributed by atoms with Crippen LogP contribution in [-0.2, 0) is 0 Å². The average molecular weight is 84.0 g/mol. The van der Waals surface area contributed by atoms with E-state index in [1.807, 2.05) is 0 Å². The summed E-state index contributed by atoms with van der Waals surface area (Å²) in [5.74, 6) is 0.415. The van der Waals surface area contributed by atoms with Crippen LogP contribution in [0.5, 0.6) is 0 Å². The van der Waals surface area contributed by atoms with E-state index in [1.165, 1.54) is 0 Å². The molecule has 1 aliphatic rings. The normalized spacial score (nSPS) is 49.0. The van der Waals surface area contributed by atoms with Crippen molar-refractivity contribution in [3.63, 3.8) is 0 Å². The Balaban J connectivity index is 2.20. The van der Waals surface area contributed by atoms with E-state index in [4.69, 9.17) is 7.85 Å². The van der Waals surface area contributed by atoms with Gasteiger partial charge in [0.05, 0.1) is 7.85 Å². The van der Waals surface area contributed by atoms with Crippen LogP contribution < -0.4 is 0 Å². The van der Waals surface area contributed by atoms with E-state index >= 15 is 0 Å². The van der Waals surface area contributed by atoms with E-state index in [0.29, 0.717) is 11.1 Å². The van der Waals surface area contributed by atoms with Crippen molar-refractivity contribution in [2.45, 2.75) is 17.5 Å². The number of hydrogen-bond donors (Lipinski definition) is 1. The Morgan fingerprint density at radius 2 is 2.00 bits per heavy atom. The Kier molecular flexibility index (Phi) is 0.674. The summed E-state index contributed by atoms with van der Waals surface area (Å²) >= 11 is 4.05. The molecule has 0 N–H and O–H groups in total. The van der Waals surface area contributed by atoms with Crippen molar-refractivity contribution < 1.29 is 0 Å². The van der Waals surface area contributed by atoms with Crippen molar-refractivity contribution in [2.24, 2.45) is 0 Å². The molecule has 0 aromatic rings. The number of rotatable bonds is 0. The van der Waals surface area contributed by atoms with Crippen LogP contribution in [0.3, 0.4) is 0 Å². The van der Waals surface area contributed by atoms with Crippen molar-refractivity contribution in [2.75, 3.05) is 0 Å². The topological polar surface area (TPSA) is 0 Å². The second-order valence-electron chi connectivity index (χ2n) is 1.47. The monoisotopic (exact) mass is 84.0 g/mol. The lowest BCUT2D eigenvalue weighted by Gasteiger charge is -1.66. The van der Waals surface area contributed by atoms with Crippen LogP contribution in [0, 0.1) is 0 Å². The van der Waals surface area contributed by atoms with Gasteiger partial charge in [-0.25, -0.2) is 0 Å². The minimum absolute atomic E-state index is 0.415. The lowest BCUT2D eigenvalue weighted by Crippen LogP contribution is -1.62.